The molecule has 4 N–H and O–H groups in total. The zero-order chi connectivity index (χ0) is 13.6. The molecule has 1 aromatic heterocycles. The summed E-state index contributed by atoms with van der Waals surface area (Å²) < 4.78 is 26.1. The predicted molar refractivity (Wildman–Crippen MR) is 66.5 cm³/mol. The molecule has 0 aromatic carbocycles. The number of imidazole rings is 1. The second-order valence-corrected chi connectivity index (χ2v) is 5.61. The minimum absolute atomic E-state index is 0.0335. The molecular formula is C9H17N5O3S. The molecule has 1 amide bonds. The van der Waals surface area contributed by atoms with E-state index >= 15 is 0 Å². The van der Waals surface area contributed by atoms with E-state index in [0.717, 1.165) is 0 Å². The van der Waals surface area contributed by atoms with Crippen molar-refractivity contribution in [2.24, 2.45) is 5.73 Å². The van der Waals surface area contributed by atoms with Gasteiger partial charge >= 0.3 is 0 Å². The molecule has 1 rings (SSSR count). The number of rotatable bonds is 7. The standard InChI is InChI=1S/C9H17N5O3S/c1-11-18(16,17)5-3-12-9(15)8-6-14(4-2-10)7-13-8/h6-7,11H,2-5,10H2,1H3,(H,12,15). The van der Waals surface area contributed by atoms with Gasteiger partial charge in [-0.3, -0.25) is 4.79 Å². The molecule has 0 aliphatic rings. The molecule has 0 saturated carbocycles. The van der Waals surface area contributed by atoms with Crippen molar-refractivity contribution in [1.82, 2.24) is 19.6 Å². The van der Waals surface area contributed by atoms with Crippen molar-refractivity contribution in [2.45, 2.75) is 6.54 Å². The summed E-state index contributed by atoms with van der Waals surface area (Å²) in [7, 11) is -1.98. The topological polar surface area (TPSA) is 119 Å². The van der Waals surface area contributed by atoms with Gasteiger partial charge in [-0.05, 0) is 7.05 Å². The van der Waals surface area contributed by atoms with Gasteiger partial charge in [0.2, 0.25) is 10.0 Å². The van der Waals surface area contributed by atoms with Crippen LogP contribution in [0, 0.1) is 0 Å². The Morgan fingerprint density at radius 3 is 2.89 bits per heavy atom. The molecule has 9 heteroatoms. The van der Waals surface area contributed by atoms with Crippen LogP contribution < -0.4 is 15.8 Å². The van der Waals surface area contributed by atoms with E-state index in [1.807, 2.05) is 0 Å². The molecule has 18 heavy (non-hydrogen) atoms. The molecule has 102 valence electrons. The monoisotopic (exact) mass is 275 g/mol. The minimum atomic E-state index is -3.31. The second-order valence-electron chi connectivity index (χ2n) is 3.56. The fraction of sp³-hybridized carbons (Fsp3) is 0.556. The Balaban J connectivity index is 2.45. The number of nitrogens with two attached hydrogens (primary N) is 1. The zero-order valence-electron chi connectivity index (χ0n) is 10.1. The lowest BCUT2D eigenvalue weighted by Gasteiger charge is -2.03. The first-order valence-electron chi connectivity index (χ1n) is 5.40. The van der Waals surface area contributed by atoms with E-state index < -0.39 is 15.9 Å². The highest BCUT2D eigenvalue weighted by molar-refractivity contribution is 7.89. The Kier molecular flexibility index (Phi) is 5.25. The molecule has 0 aliphatic heterocycles. The molecule has 0 spiro atoms. The van der Waals surface area contributed by atoms with Crippen LogP contribution in [0.4, 0.5) is 0 Å². The Bertz CT molecular complexity index is 496. The van der Waals surface area contributed by atoms with Crippen molar-refractivity contribution in [3.05, 3.63) is 18.2 Å². The zero-order valence-corrected chi connectivity index (χ0v) is 10.9. The molecule has 0 fully saturated rings. The number of amides is 1. The van der Waals surface area contributed by atoms with Crippen LogP contribution in [-0.4, -0.2) is 49.8 Å². The highest BCUT2D eigenvalue weighted by atomic mass is 32.2. The average Bonchev–Trinajstić information content (AvgIpc) is 2.78. The first-order valence-corrected chi connectivity index (χ1v) is 7.05. The largest absolute Gasteiger partial charge is 0.350 e. The van der Waals surface area contributed by atoms with Gasteiger partial charge in [-0.15, -0.1) is 0 Å². The van der Waals surface area contributed by atoms with Crippen molar-refractivity contribution >= 4 is 15.9 Å². The summed E-state index contributed by atoms with van der Waals surface area (Å²) in [4.78, 5) is 15.5. The van der Waals surface area contributed by atoms with Crippen molar-refractivity contribution in [1.29, 1.82) is 0 Å². The molecule has 0 radical (unpaired) electrons. The van der Waals surface area contributed by atoms with Crippen LogP contribution in [-0.2, 0) is 16.6 Å². The molecule has 0 unspecified atom stereocenters. The van der Waals surface area contributed by atoms with Crippen LogP contribution in [0.1, 0.15) is 10.5 Å². The van der Waals surface area contributed by atoms with Gasteiger partial charge in [0, 0.05) is 25.8 Å². The third-order valence-corrected chi connectivity index (χ3v) is 3.58. The fourth-order valence-corrected chi connectivity index (χ4v) is 1.82. The number of hydrogen-bond donors (Lipinski definition) is 3. The maximum absolute atomic E-state index is 11.6. The van der Waals surface area contributed by atoms with Crippen LogP contribution >= 0.6 is 0 Å². The average molecular weight is 275 g/mol. The van der Waals surface area contributed by atoms with Gasteiger partial charge in [0.1, 0.15) is 5.69 Å². The Morgan fingerprint density at radius 1 is 1.56 bits per heavy atom. The van der Waals surface area contributed by atoms with Crippen LogP contribution in [0.2, 0.25) is 0 Å². The summed E-state index contributed by atoms with van der Waals surface area (Å²) in [6.45, 7) is 1.07. The Morgan fingerprint density at radius 2 is 2.28 bits per heavy atom. The maximum atomic E-state index is 11.6. The molecule has 0 aliphatic carbocycles. The van der Waals surface area contributed by atoms with E-state index in [1.54, 1.807) is 10.8 Å². The van der Waals surface area contributed by atoms with Gasteiger partial charge in [-0.1, -0.05) is 0 Å². The van der Waals surface area contributed by atoms with E-state index in [0.29, 0.717) is 13.1 Å². The number of aromatic nitrogens is 2. The van der Waals surface area contributed by atoms with E-state index in [-0.39, 0.29) is 18.0 Å². The molecule has 1 aromatic rings. The van der Waals surface area contributed by atoms with Gasteiger partial charge in [-0.25, -0.2) is 18.1 Å². The first-order chi connectivity index (χ1) is 8.48. The lowest BCUT2D eigenvalue weighted by Crippen LogP contribution is -2.33. The molecule has 0 bridgehead atoms. The molecule has 0 atom stereocenters. The van der Waals surface area contributed by atoms with Gasteiger partial charge < -0.3 is 15.6 Å². The van der Waals surface area contributed by atoms with Gasteiger partial charge in [-0.2, -0.15) is 0 Å². The van der Waals surface area contributed by atoms with Gasteiger partial charge in [0.25, 0.3) is 5.91 Å². The highest BCUT2D eigenvalue weighted by Crippen LogP contribution is 1.95. The van der Waals surface area contributed by atoms with Crippen LogP contribution in [0.25, 0.3) is 0 Å². The number of hydrogen-bond acceptors (Lipinski definition) is 5. The van der Waals surface area contributed by atoms with Crippen LogP contribution in [0.3, 0.4) is 0 Å². The van der Waals surface area contributed by atoms with Gasteiger partial charge in [0.05, 0.1) is 12.1 Å². The summed E-state index contributed by atoms with van der Waals surface area (Å²) in [6, 6.07) is 0. The fourth-order valence-electron chi connectivity index (χ4n) is 1.24. The van der Waals surface area contributed by atoms with Crippen molar-refractivity contribution in [3.8, 4) is 0 Å². The summed E-state index contributed by atoms with van der Waals surface area (Å²) in [5.74, 6) is -0.573. The molecular weight excluding hydrogens is 258 g/mol. The first kappa shape index (κ1) is 14.6. The maximum Gasteiger partial charge on any atom is 0.271 e. The third kappa shape index (κ3) is 4.43. The number of carbonyl (C=O) groups excluding carboxylic acids is 1. The van der Waals surface area contributed by atoms with Crippen LogP contribution in [0.15, 0.2) is 12.5 Å². The normalized spacial score (nSPS) is 11.4. The van der Waals surface area contributed by atoms with Crippen molar-refractivity contribution in [2.75, 3.05) is 25.9 Å². The number of sulfonamides is 1. The lowest BCUT2D eigenvalue weighted by atomic mass is 10.4. The van der Waals surface area contributed by atoms with Crippen LogP contribution in [0.5, 0.6) is 0 Å². The van der Waals surface area contributed by atoms with E-state index in [2.05, 4.69) is 15.0 Å². The van der Waals surface area contributed by atoms with E-state index in [1.165, 1.54) is 13.4 Å². The highest BCUT2D eigenvalue weighted by Gasteiger charge is 2.11. The Labute approximate surface area is 106 Å². The lowest BCUT2D eigenvalue weighted by molar-refractivity contribution is 0.0951. The number of nitrogens with one attached hydrogen (secondary N) is 2. The second kappa shape index (κ2) is 6.47. The Hall–Kier alpha value is -1.45. The summed E-state index contributed by atoms with van der Waals surface area (Å²) in [6.07, 6.45) is 3.07. The third-order valence-electron chi connectivity index (χ3n) is 2.22. The predicted octanol–water partition coefficient (Wildman–Crippen LogP) is -1.88. The SMILES string of the molecule is CNS(=O)(=O)CCNC(=O)c1cn(CCN)cn1. The molecule has 8 nitrogen and oxygen atoms in total. The molecule has 0 saturated heterocycles. The minimum Gasteiger partial charge on any atom is -0.350 e. The van der Waals surface area contributed by atoms with Crippen molar-refractivity contribution < 1.29 is 13.2 Å². The van der Waals surface area contributed by atoms with E-state index in [4.69, 9.17) is 5.73 Å². The summed E-state index contributed by atoms with van der Waals surface area (Å²) in [5, 5.41) is 2.48. The van der Waals surface area contributed by atoms with Crippen molar-refractivity contribution in [3.63, 3.8) is 0 Å². The molecule has 1 heterocycles. The number of carbonyl (C=O) groups is 1. The van der Waals surface area contributed by atoms with E-state index in [9.17, 15) is 13.2 Å². The van der Waals surface area contributed by atoms with Gasteiger partial charge in [0.15, 0.2) is 0 Å². The smallest absolute Gasteiger partial charge is 0.271 e. The number of nitrogens with zero attached hydrogens (tertiary/aromatic N) is 2. The summed E-state index contributed by atoms with van der Waals surface area (Å²) >= 11 is 0. The quantitative estimate of drug-likeness (QED) is 0.538. The summed E-state index contributed by atoms with van der Waals surface area (Å²) in [5.41, 5.74) is 5.61.